The number of nitrogens with zero attached hydrogens (tertiary/aromatic N) is 2. The Morgan fingerprint density at radius 3 is 2.42 bits per heavy atom. The minimum absolute atomic E-state index is 0.0630. The minimum Gasteiger partial charge on any atom is -0.485 e. The fourth-order valence-corrected chi connectivity index (χ4v) is 4.45. The van der Waals surface area contributed by atoms with E-state index in [1.54, 1.807) is 30.0 Å². The zero-order valence-corrected chi connectivity index (χ0v) is 22.5. The van der Waals surface area contributed by atoms with Gasteiger partial charge in [0, 0.05) is 31.1 Å². The number of para-hydroxylation sites is 1. The van der Waals surface area contributed by atoms with Crippen molar-refractivity contribution in [2.75, 3.05) is 37.4 Å². The molecule has 0 unspecified atom stereocenters. The van der Waals surface area contributed by atoms with Gasteiger partial charge >= 0.3 is 12.2 Å². The molecule has 1 saturated carbocycles. The smallest absolute Gasteiger partial charge is 0.416 e. The molecule has 4 amide bonds. The Morgan fingerprint density at radius 1 is 1.15 bits per heavy atom. The highest BCUT2D eigenvalue weighted by atomic mass is 19.4. The molecule has 216 valence electrons. The summed E-state index contributed by atoms with van der Waals surface area (Å²) < 4.78 is 45.0. The van der Waals surface area contributed by atoms with Crippen molar-refractivity contribution in [2.24, 2.45) is 11.8 Å². The Balaban J connectivity index is 1.57. The average molecular weight is 563 g/mol. The van der Waals surface area contributed by atoms with Gasteiger partial charge in [-0.15, -0.1) is 0 Å². The number of aliphatic hydroxyl groups is 1. The van der Waals surface area contributed by atoms with Crippen LogP contribution in [0.1, 0.15) is 42.6 Å². The number of urea groups is 1. The summed E-state index contributed by atoms with van der Waals surface area (Å²) in [5.74, 6) is -0.715. The number of nitrogens with one attached hydrogen (secondary N) is 2. The van der Waals surface area contributed by atoms with Gasteiger partial charge in [-0.1, -0.05) is 13.0 Å². The minimum atomic E-state index is -4.49. The summed E-state index contributed by atoms with van der Waals surface area (Å²) in [5.41, 5.74) is -0.0616. The Morgan fingerprint density at radius 2 is 1.82 bits per heavy atom. The van der Waals surface area contributed by atoms with Crippen LogP contribution in [0.3, 0.4) is 0 Å². The first-order valence-corrected chi connectivity index (χ1v) is 13.1. The topological polar surface area (TPSA) is 111 Å². The van der Waals surface area contributed by atoms with E-state index in [4.69, 9.17) is 4.74 Å². The zero-order chi connectivity index (χ0) is 29.2. The molecule has 3 atom stereocenters. The first kappa shape index (κ1) is 29.2. The first-order chi connectivity index (χ1) is 18.9. The van der Waals surface area contributed by atoms with Crippen LogP contribution >= 0.6 is 0 Å². The van der Waals surface area contributed by atoms with Crippen molar-refractivity contribution < 1.29 is 37.4 Å². The number of benzene rings is 2. The summed E-state index contributed by atoms with van der Waals surface area (Å²) in [6.07, 6.45) is -3.54. The number of halogens is 3. The van der Waals surface area contributed by atoms with Gasteiger partial charge in [0.25, 0.3) is 5.91 Å². The van der Waals surface area contributed by atoms with Crippen molar-refractivity contribution in [3.8, 4) is 5.75 Å². The Labute approximate surface area is 230 Å². The molecule has 1 fully saturated rings. The summed E-state index contributed by atoms with van der Waals surface area (Å²) in [4.78, 5) is 41.9. The molecule has 9 nitrogen and oxygen atoms in total. The molecule has 2 aliphatic rings. The molecular formula is C28H33F3N4O5. The van der Waals surface area contributed by atoms with E-state index in [1.165, 1.54) is 24.1 Å². The molecule has 3 N–H and O–H groups in total. The molecule has 0 aromatic heterocycles. The number of ether oxygens (including phenoxy) is 1. The number of carbonyl (C=O) groups is 3. The number of amides is 4. The highest BCUT2D eigenvalue weighted by Crippen LogP contribution is 2.37. The first-order valence-electron chi connectivity index (χ1n) is 13.1. The van der Waals surface area contributed by atoms with Gasteiger partial charge in [-0.3, -0.25) is 9.59 Å². The van der Waals surface area contributed by atoms with Gasteiger partial charge < -0.3 is 30.3 Å². The Bertz CT molecular complexity index is 1250. The molecule has 4 rings (SSSR count). The van der Waals surface area contributed by atoms with Crippen LogP contribution in [0.5, 0.6) is 5.75 Å². The number of carbonyl (C=O) groups excluding carboxylic acids is 3. The second-order valence-corrected chi connectivity index (χ2v) is 10.5. The van der Waals surface area contributed by atoms with E-state index in [9.17, 15) is 32.7 Å². The van der Waals surface area contributed by atoms with Crippen LogP contribution in [0.15, 0.2) is 42.5 Å². The third kappa shape index (κ3) is 6.67. The zero-order valence-electron chi connectivity index (χ0n) is 22.5. The van der Waals surface area contributed by atoms with E-state index in [1.807, 2.05) is 6.92 Å². The standard InChI is InChI=1S/C28H33F3N4O5/c1-16-13-35(17(2)15-36)26(38)21-5-4-6-22(33-25(37)18-7-8-18)24(21)40-23(16)14-34(3)27(39)32-20-11-9-19(10-12-20)28(29,30)31/h4-6,9-12,16-18,23,36H,7-8,13-15H2,1-3H3,(H,32,39)(H,33,37)/t16-,17-,23-/m1/s1. The van der Waals surface area contributed by atoms with E-state index in [-0.39, 0.29) is 60.3 Å². The predicted molar refractivity (Wildman–Crippen MR) is 142 cm³/mol. The maximum atomic E-state index is 13.5. The van der Waals surface area contributed by atoms with Crippen LogP contribution in [0.25, 0.3) is 0 Å². The number of hydrogen-bond acceptors (Lipinski definition) is 5. The molecule has 0 saturated heterocycles. The summed E-state index contributed by atoms with van der Waals surface area (Å²) in [5, 5.41) is 15.3. The lowest BCUT2D eigenvalue weighted by molar-refractivity contribution is -0.137. The SMILES string of the molecule is C[C@@H]1CN([C@H](C)CO)C(=O)c2cccc(NC(=O)C3CC3)c2O[C@@H]1CN(C)C(=O)Nc1ccc(C(F)(F)F)cc1. The molecule has 12 heteroatoms. The summed E-state index contributed by atoms with van der Waals surface area (Å²) in [7, 11) is 1.52. The summed E-state index contributed by atoms with van der Waals surface area (Å²) in [6.45, 7) is 3.62. The van der Waals surface area contributed by atoms with Crippen LogP contribution in [-0.2, 0) is 11.0 Å². The van der Waals surface area contributed by atoms with Crippen LogP contribution in [0.2, 0.25) is 0 Å². The van der Waals surface area contributed by atoms with Crippen molar-refractivity contribution >= 4 is 29.2 Å². The fraction of sp³-hybridized carbons (Fsp3) is 0.464. The number of hydrogen-bond donors (Lipinski definition) is 3. The van der Waals surface area contributed by atoms with Crippen molar-refractivity contribution in [1.29, 1.82) is 0 Å². The lowest BCUT2D eigenvalue weighted by Gasteiger charge is -2.38. The fourth-order valence-electron chi connectivity index (χ4n) is 4.45. The molecule has 40 heavy (non-hydrogen) atoms. The molecule has 1 aliphatic heterocycles. The third-order valence-electron chi connectivity index (χ3n) is 7.16. The molecule has 2 aromatic rings. The number of fused-ring (bicyclic) bond motifs is 1. The van der Waals surface area contributed by atoms with Gasteiger partial charge in [0.2, 0.25) is 5.91 Å². The van der Waals surface area contributed by atoms with Crippen LogP contribution in [0.4, 0.5) is 29.3 Å². The van der Waals surface area contributed by atoms with Crippen molar-refractivity contribution in [1.82, 2.24) is 9.80 Å². The van der Waals surface area contributed by atoms with Gasteiger partial charge in [0.1, 0.15) is 6.10 Å². The van der Waals surface area contributed by atoms with Crippen molar-refractivity contribution in [3.05, 3.63) is 53.6 Å². The van der Waals surface area contributed by atoms with Crippen LogP contribution in [-0.4, -0.2) is 71.6 Å². The van der Waals surface area contributed by atoms with Crippen LogP contribution in [0, 0.1) is 11.8 Å². The van der Waals surface area contributed by atoms with Gasteiger partial charge in [0.05, 0.1) is 36.0 Å². The van der Waals surface area contributed by atoms with E-state index >= 15 is 0 Å². The second kappa shape index (κ2) is 11.7. The Kier molecular flexibility index (Phi) is 8.57. The van der Waals surface area contributed by atoms with Gasteiger partial charge in [-0.25, -0.2) is 4.79 Å². The van der Waals surface area contributed by atoms with Gasteiger partial charge in [-0.05, 0) is 56.2 Å². The molecular weight excluding hydrogens is 529 g/mol. The van der Waals surface area contributed by atoms with E-state index in [0.29, 0.717) is 5.69 Å². The highest BCUT2D eigenvalue weighted by molar-refractivity contribution is 6.02. The number of rotatable bonds is 7. The van der Waals surface area contributed by atoms with Gasteiger partial charge in [0.15, 0.2) is 5.75 Å². The molecule has 0 radical (unpaired) electrons. The average Bonchev–Trinajstić information content (AvgIpc) is 3.76. The molecule has 0 bridgehead atoms. The molecule has 0 spiro atoms. The van der Waals surface area contributed by atoms with E-state index in [0.717, 1.165) is 25.0 Å². The second-order valence-electron chi connectivity index (χ2n) is 10.5. The van der Waals surface area contributed by atoms with Crippen LogP contribution < -0.4 is 15.4 Å². The summed E-state index contributed by atoms with van der Waals surface area (Å²) in [6, 6.07) is 7.95. The normalized spacial score (nSPS) is 20.0. The number of likely N-dealkylation sites (N-methyl/N-ethyl adjacent to an activating group) is 1. The molecule has 1 heterocycles. The summed E-state index contributed by atoms with van der Waals surface area (Å²) >= 11 is 0. The van der Waals surface area contributed by atoms with Gasteiger partial charge in [-0.2, -0.15) is 13.2 Å². The van der Waals surface area contributed by atoms with E-state index in [2.05, 4.69) is 10.6 Å². The maximum absolute atomic E-state index is 13.5. The van der Waals surface area contributed by atoms with Crippen molar-refractivity contribution in [3.63, 3.8) is 0 Å². The monoisotopic (exact) mass is 562 g/mol. The van der Waals surface area contributed by atoms with Crippen molar-refractivity contribution in [2.45, 2.75) is 45.0 Å². The van der Waals surface area contributed by atoms with E-state index < -0.39 is 29.9 Å². The number of anilines is 2. The highest BCUT2D eigenvalue weighted by Gasteiger charge is 2.36. The number of aliphatic hydroxyl groups excluding tert-OH is 1. The molecule has 1 aliphatic carbocycles. The lowest BCUT2D eigenvalue weighted by Crippen LogP contribution is -2.50. The predicted octanol–water partition coefficient (Wildman–Crippen LogP) is 4.44. The lowest BCUT2D eigenvalue weighted by atomic mass is 9.99. The molecule has 2 aromatic carbocycles. The largest absolute Gasteiger partial charge is 0.485 e. The quantitative estimate of drug-likeness (QED) is 0.462. The maximum Gasteiger partial charge on any atom is 0.416 e. The Hall–Kier alpha value is -3.80. The number of alkyl halides is 3. The third-order valence-corrected chi connectivity index (χ3v) is 7.16.